The minimum atomic E-state index is -1.60. The molecule has 0 unspecified atom stereocenters. The Balaban J connectivity index is 9.85. The molecule has 0 heterocycles. The topological polar surface area (TPSA) is 0 Å². The Morgan fingerprint density at radius 3 is 0.378 bits per heavy atom. The molecule has 0 spiro atoms. The van der Waals surface area contributed by atoms with Crippen LogP contribution in [0.5, 0.6) is 0 Å². The molecular formula is C38H90EuSi6. The van der Waals surface area contributed by atoms with Crippen LogP contribution >= 0.6 is 0 Å². The zero-order valence-electron chi connectivity index (χ0n) is 35.1. The molecule has 0 saturated heterocycles. The van der Waals surface area contributed by atoms with Gasteiger partial charge in [0.25, 0.3) is 0 Å². The molecule has 0 saturated carbocycles. The van der Waals surface area contributed by atoms with E-state index in [-0.39, 0.29) is 0 Å². The molecule has 0 rings (SSSR count). The SMILES string of the molecule is CC[Si](CC)(CC)[C]([Eu][C]([Si](CC)(CC)CC)([Si](CC)(CC)CC)[Si](CC)(CC)CC)([Si](CC)(CC)CC)[Si](CC)(CC)CC. The van der Waals surface area contributed by atoms with E-state index in [0.29, 0.717) is 0 Å². The quantitative estimate of drug-likeness (QED) is 0.0760. The Labute approximate surface area is 320 Å². The van der Waals surface area contributed by atoms with Crippen molar-refractivity contribution in [2.24, 2.45) is 0 Å². The molecule has 0 bridgehead atoms. The van der Waals surface area contributed by atoms with Crippen molar-refractivity contribution in [3.63, 3.8) is 0 Å². The third kappa shape index (κ3) is 6.91. The van der Waals surface area contributed by atoms with Gasteiger partial charge in [0, 0.05) is 0 Å². The van der Waals surface area contributed by atoms with Crippen LogP contribution in [0, 0.1) is 44.6 Å². The first kappa shape index (κ1) is 47.9. The van der Waals surface area contributed by atoms with Gasteiger partial charge >= 0.3 is 324 Å². The second kappa shape index (κ2) is 20.2. The molecule has 0 fully saturated rings. The van der Waals surface area contributed by atoms with E-state index in [1.54, 1.807) is 109 Å². The summed E-state index contributed by atoms with van der Waals surface area (Å²) in [6, 6.07) is 28.9. The van der Waals surface area contributed by atoms with Crippen molar-refractivity contribution in [2.75, 3.05) is 0 Å². The van der Waals surface area contributed by atoms with Crippen molar-refractivity contribution in [3.8, 4) is 0 Å². The summed E-state index contributed by atoms with van der Waals surface area (Å²) in [6.07, 6.45) is 0. The summed E-state index contributed by atoms with van der Waals surface area (Å²) in [7, 11) is -9.58. The molecule has 0 aromatic heterocycles. The van der Waals surface area contributed by atoms with E-state index < -0.39 is 93.1 Å². The number of rotatable bonds is 26. The summed E-state index contributed by atoms with van der Waals surface area (Å²) >= 11 is -0.650. The Hall–Kier alpha value is 2.89. The average molecular weight is 868 g/mol. The summed E-state index contributed by atoms with van der Waals surface area (Å²) in [4.78, 5) is 0. The van der Waals surface area contributed by atoms with Gasteiger partial charge in [-0.3, -0.25) is 0 Å². The fourth-order valence-corrected chi connectivity index (χ4v) is 127. The van der Waals surface area contributed by atoms with Gasteiger partial charge in [0.2, 0.25) is 0 Å². The summed E-state index contributed by atoms with van der Waals surface area (Å²) in [5.74, 6) is 0. The summed E-state index contributed by atoms with van der Waals surface area (Å²) in [5, 5.41) is 0. The van der Waals surface area contributed by atoms with Crippen LogP contribution in [0.2, 0.25) is 106 Å². The van der Waals surface area contributed by atoms with E-state index in [1.165, 1.54) is 0 Å². The van der Waals surface area contributed by atoms with Crippen LogP contribution in [-0.2, 0) is 0 Å². The molecule has 0 aromatic rings. The van der Waals surface area contributed by atoms with Crippen molar-refractivity contribution in [3.05, 3.63) is 0 Å². The van der Waals surface area contributed by atoms with E-state index in [2.05, 4.69) is 125 Å². The molecule has 0 aromatic carbocycles. The molecule has 0 atom stereocenters. The molecule has 7 heteroatoms. The standard InChI is InChI=1S/2C19H45Si3.Eu/c2*1-10-20(11-2,12-3)19(21(13-4,14-5)15-6)22(16-7,17-8)18-9;/h2*10-18H2,1-9H3;. The van der Waals surface area contributed by atoms with Crippen LogP contribution in [0.4, 0.5) is 0 Å². The van der Waals surface area contributed by atoms with Gasteiger partial charge in [0.1, 0.15) is 0 Å². The first-order valence-electron chi connectivity index (χ1n) is 21.0. The third-order valence-electron chi connectivity index (χ3n) is 16.9. The van der Waals surface area contributed by atoms with Crippen LogP contribution in [0.1, 0.15) is 125 Å². The fraction of sp³-hybridized carbons (Fsp3) is 1.00. The molecule has 0 radical (unpaired) electrons. The van der Waals surface area contributed by atoms with Crippen molar-refractivity contribution < 1.29 is 44.6 Å². The van der Waals surface area contributed by atoms with Crippen LogP contribution in [0.3, 0.4) is 0 Å². The fourth-order valence-electron chi connectivity index (χ4n) is 13.1. The molecule has 0 aliphatic rings. The van der Waals surface area contributed by atoms with E-state index in [0.717, 1.165) is -2.64 Å². The van der Waals surface area contributed by atoms with E-state index in [4.69, 9.17) is 0 Å². The van der Waals surface area contributed by atoms with Crippen LogP contribution in [-0.4, -0.2) is 48.4 Å². The van der Waals surface area contributed by atoms with E-state index in [9.17, 15) is 0 Å². The molecule has 273 valence electrons. The Morgan fingerprint density at radius 1 is 0.222 bits per heavy atom. The molecule has 0 nitrogen and oxygen atoms in total. The molecule has 0 aliphatic carbocycles. The van der Waals surface area contributed by atoms with Gasteiger partial charge in [0.15, 0.2) is 0 Å². The zero-order chi connectivity index (χ0) is 35.4. The molecule has 45 heavy (non-hydrogen) atoms. The maximum absolute atomic E-state index is 2.78. The van der Waals surface area contributed by atoms with Gasteiger partial charge < -0.3 is 0 Å². The summed E-state index contributed by atoms with van der Waals surface area (Å²) < 4.78 is 1.82. The average Bonchev–Trinajstić information content (AvgIpc) is 3.10. The van der Waals surface area contributed by atoms with Gasteiger partial charge in [-0.15, -0.1) is 0 Å². The van der Waals surface area contributed by atoms with Gasteiger partial charge in [0.05, 0.1) is 0 Å². The van der Waals surface area contributed by atoms with Crippen molar-refractivity contribution in [2.45, 2.75) is 231 Å². The predicted molar refractivity (Wildman–Crippen MR) is 229 cm³/mol. The van der Waals surface area contributed by atoms with Gasteiger partial charge in [-0.25, -0.2) is 0 Å². The summed E-state index contributed by atoms with van der Waals surface area (Å²) in [6.45, 7) is 50.1. The van der Waals surface area contributed by atoms with Crippen LogP contribution in [0.25, 0.3) is 0 Å². The third-order valence-corrected chi connectivity index (χ3v) is 98.2. The molecular weight excluding hydrogens is 777 g/mol. The van der Waals surface area contributed by atoms with Crippen LogP contribution < -0.4 is 0 Å². The van der Waals surface area contributed by atoms with Gasteiger partial charge in [-0.05, 0) is 0 Å². The normalized spacial score (nSPS) is 14.8. The first-order chi connectivity index (χ1) is 21.3. The number of hydrogen-bond acceptors (Lipinski definition) is 0. The second-order valence-corrected chi connectivity index (χ2v) is 62.2. The Bertz CT molecular complexity index is 589. The van der Waals surface area contributed by atoms with Crippen molar-refractivity contribution in [1.29, 1.82) is 0 Å². The second-order valence-electron chi connectivity index (χ2n) is 15.5. The maximum atomic E-state index is 2.78. The molecule has 0 aliphatic heterocycles. The van der Waals surface area contributed by atoms with Gasteiger partial charge in [-0.2, -0.15) is 0 Å². The van der Waals surface area contributed by atoms with Gasteiger partial charge in [-0.1, -0.05) is 0 Å². The minimum absolute atomic E-state index is 0.650. The summed E-state index contributed by atoms with van der Waals surface area (Å²) in [5.41, 5.74) is 0. The van der Waals surface area contributed by atoms with E-state index in [1.807, 2.05) is 0 Å². The van der Waals surface area contributed by atoms with Crippen LogP contribution in [0.15, 0.2) is 0 Å². The Morgan fingerprint density at radius 2 is 0.311 bits per heavy atom. The zero-order valence-corrected chi connectivity index (χ0v) is 43.5. The number of hydrogen-bond donors (Lipinski definition) is 0. The van der Waals surface area contributed by atoms with Crippen molar-refractivity contribution >= 4 is 48.4 Å². The van der Waals surface area contributed by atoms with E-state index >= 15 is 0 Å². The monoisotopic (exact) mass is 867 g/mol. The molecule has 0 amide bonds. The first-order valence-corrected chi connectivity index (χ1v) is 39.1. The van der Waals surface area contributed by atoms with Crippen molar-refractivity contribution in [1.82, 2.24) is 0 Å². The Kier molecular flexibility index (Phi) is 21.5. The predicted octanol–water partition coefficient (Wildman–Crippen LogP) is 15.7. The molecule has 0 N–H and O–H groups in total.